The van der Waals surface area contributed by atoms with Crippen LogP contribution in [-0.2, 0) is 9.59 Å². The molecule has 0 saturated carbocycles. The highest BCUT2D eigenvalue weighted by Crippen LogP contribution is 2.28. The lowest BCUT2D eigenvalue weighted by Gasteiger charge is -2.28. The number of anilines is 1. The van der Waals surface area contributed by atoms with Crippen molar-refractivity contribution in [2.45, 2.75) is 19.8 Å². The first-order valence-electron chi connectivity index (χ1n) is 7.97. The predicted molar refractivity (Wildman–Crippen MR) is 103 cm³/mol. The fraction of sp³-hybridized carbons (Fsp3) is 0.278. The smallest absolute Gasteiger partial charge is 0.246 e. The molecule has 1 aliphatic heterocycles. The van der Waals surface area contributed by atoms with Gasteiger partial charge in [-0.15, -0.1) is 23.1 Å². The summed E-state index contributed by atoms with van der Waals surface area (Å²) in [4.78, 5) is 30.7. The second-order valence-corrected chi connectivity index (χ2v) is 7.66. The van der Waals surface area contributed by atoms with Crippen molar-refractivity contribution in [3.05, 3.63) is 52.4 Å². The number of aromatic nitrogens is 1. The summed E-state index contributed by atoms with van der Waals surface area (Å²) < 4.78 is 0. The highest BCUT2D eigenvalue weighted by atomic mass is 32.2. The maximum Gasteiger partial charge on any atom is 0.246 e. The van der Waals surface area contributed by atoms with Gasteiger partial charge in [-0.25, -0.2) is 4.98 Å². The number of thioether (sulfide) groups is 1. The van der Waals surface area contributed by atoms with E-state index in [1.54, 1.807) is 0 Å². The van der Waals surface area contributed by atoms with Crippen LogP contribution >= 0.6 is 23.1 Å². The van der Waals surface area contributed by atoms with Crippen LogP contribution in [-0.4, -0.2) is 34.0 Å². The molecule has 0 atom stereocenters. The van der Waals surface area contributed by atoms with Crippen LogP contribution in [0.4, 0.5) is 5.13 Å². The fourth-order valence-corrected chi connectivity index (χ4v) is 4.08. The SMILES string of the molecule is CC(C)c1csc(NC(=O)CN2C(=O)CSC=C2c2ccccc2)n1. The van der Waals surface area contributed by atoms with E-state index in [0.717, 1.165) is 17.0 Å². The fourth-order valence-electron chi connectivity index (χ4n) is 2.39. The van der Waals surface area contributed by atoms with Gasteiger partial charge < -0.3 is 10.2 Å². The molecule has 0 radical (unpaired) electrons. The van der Waals surface area contributed by atoms with E-state index in [1.165, 1.54) is 28.0 Å². The van der Waals surface area contributed by atoms with E-state index in [4.69, 9.17) is 0 Å². The van der Waals surface area contributed by atoms with Gasteiger partial charge >= 0.3 is 0 Å². The summed E-state index contributed by atoms with van der Waals surface area (Å²) in [5, 5.41) is 7.24. The molecule has 0 fully saturated rings. The Kier molecular flexibility index (Phi) is 5.55. The first-order chi connectivity index (χ1) is 12.0. The van der Waals surface area contributed by atoms with Gasteiger partial charge in [-0.05, 0) is 16.9 Å². The molecule has 0 aliphatic carbocycles. The van der Waals surface area contributed by atoms with E-state index in [2.05, 4.69) is 24.1 Å². The Labute approximate surface area is 155 Å². The number of nitrogens with one attached hydrogen (secondary N) is 1. The lowest BCUT2D eigenvalue weighted by molar-refractivity contribution is -0.129. The Morgan fingerprint density at radius 3 is 2.76 bits per heavy atom. The van der Waals surface area contributed by atoms with Crippen LogP contribution in [0.25, 0.3) is 5.70 Å². The minimum absolute atomic E-state index is 0.0171. The standard InChI is InChI=1S/C18H19N3O2S2/c1-12(2)14-9-25-18(19-14)20-16(22)8-21-15(10-24-11-17(21)23)13-6-4-3-5-7-13/h3-7,9-10,12H,8,11H2,1-2H3,(H,19,20,22). The molecule has 0 bridgehead atoms. The van der Waals surface area contributed by atoms with Crippen LogP contribution in [0.3, 0.4) is 0 Å². The van der Waals surface area contributed by atoms with Crippen molar-refractivity contribution >= 4 is 45.7 Å². The Hall–Kier alpha value is -2.12. The number of hydrogen-bond acceptors (Lipinski definition) is 5. The maximum absolute atomic E-state index is 12.4. The summed E-state index contributed by atoms with van der Waals surface area (Å²) in [7, 11) is 0. The Balaban J connectivity index is 1.72. The number of rotatable bonds is 5. The molecule has 2 heterocycles. The lowest BCUT2D eigenvalue weighted by Crippen LogP contribution is -2.39. The third kappa shape index (κ3) is 4.29. The summed E-state index contributed by atoms with van der Waals surface area (Å²) >= 11 is 2.85. The van der Waals surface area contributed by atoms with Crippen LogP contribution < -0.4 is 5.32 Å². The molecular formula is C18H19N3O2S2. The van der Waals surface area contributed by atoms with Gasteiger partial charge in [0.05, 0.1) is 17.1 Å². The zero-order chi connectivity index (χ0) is 17.8. The third-order valence-electron chi connectivity index (χ3n) is 3.72. The number of nitrogens with zero attached hydrogens (tertiary/aromatic N) is 2. The molecule has 130 valence electrons. The van der Waals surface area contributed by atoms with Crippen molar-refractivity contribution in [1.29, 1.82) is 0 Å². The Morgan fingerprint density at radius 1 is 1.32 bits per heavy atom. The van der Waals surface area contributed by atoms with Crippen LogP contribution in [0.5, 0.6) is 0 Å². The first kappa shape index (κ1) is 17.7. The maximum atomic E-state index is 12.4. The van der Waals surface area contributed by atoms with Crippen LogP contribution in [0.2, 0.25) is 0 Å². The molecule has 0 spiro atoms. The average Bonchev–Trinajstić information content (AvgIpc) is 3.06. The van der Waals surface area contributed by atoms with Gasteiger partial charge in [-0.3, -0.25) is 9.59 Å². The minimum atomic E-state index is -0.244. The van der Waals surface area contributed by atoms with Gasteiger partial charge in [0.25, 0.3) is 0 Å². The Morgan fingerprint density at radius 2 is 2.08 bits per heavy atom. The summed E-state index contributed by atoms with van der Waals surface area (Å²) in [6.07, 6.45) is 0. The third-order valence-corrected chi connectivity index (χ3v) is 5.30. The summed E-state index contributed by atoms with van der Waals surface area (Å²) in [5.74, 6) is 0.351. The van der Waals surface area contributed by atoms with Crippen molar-refractivity contribution in [3.63, 3.8) is 0 Å². The van der Waals surface area contributed by atoms with Crippen LogP contribution in [0.1, 0.15) is 31.0 Å². The molecule has 1 aromatic carbocycles. The highest BCUT2D eigenvalue weighted by molar-refractivity contribution is 8.03. The van der Waals surface area contributed by atoms with Gasteiger partial charge in [0.1, 0.15) is 6.54 Å². The van der Waals surface area contributed by atoms with Gasteiger partial charge in [-0.2, -0.15) is 0 Å². The molecule has 1 aliphatic rings. The number of amides is 2. The molecule has 1 aromatic heterocycles. The molecule has 0 saturated heterocycles. The second-order valence-electron chi connectivity index (χ2n) is 5.94. The monoisotopic (exact) mass is 373 g/mol. The minimum Gasteiger partial charge on any atom is -0.301 e. The number of carbonyl (C=O) groups excluding carboxylic acids is 2. The summed E-state index contributed by atoms with van der Waals surface area (Å²) in [6, 6.07) is 9.63. The lowest BCUT2D eigenvalue weighted by atomic mass is 10.1. The molecule has 5 nitrogen and oxygen atoms in total. The van der Waals surface area contributed by atoms with E-state index in [9.17, 15) is 9.59 Å². The topological polar surface area (TPSA) is 62.3 Å². The van der Waals surface area contributed by atoms with E-state index < -0.39 is 0 Å². The molecule has 25 heavy (non-hydrogen) atoms. The number of benzene rings is 1. The van der Waals surface area contributed by atoms with E-state index >= 15 is 0 Å². The molecule has 2 amide bonds. The quantitative estimate of drug-likeness (QED) is 0.866. The normalized spacial score (nSPS) is 14.6. The van der Waals surface area contributed by atoms with E-state index in [1.807, 2.05) is 41.1 Å². The van der Waals surface area contributed by atoms with Crippen molar-refractivity contribution in [3.8, 4) is 0 Å². The molecule has 3 rings (SSSR count). The van der Waals surface area contributed by atoms with Crippen molar-refractivity contribution < 1.29 is 9.59 Å². The van der Waals surface area contributed by atoms with Gasteiger partial charge in [0, 0.05) is 5.38 Å². The summed E-state index contributed by atoms with van der Waals surface area (Å²) in [5.41, 5.74) is 2.64. The molecule has 1 N–H and O–H groups in total. The second kappa shape index (κ2) is 7.84. The van der Waals surface area contributed by atoms with Crippen LogP contribution in [0.15, 0.2) is 41.1 Å². The number of hydrogen-bond donors (Lipinski definition) is 1. The molecule has 0 unspecified atom stereocenters. The number of carbonyl (C=O) groups is 2. The van der Waals surface area contributed by atoms with E-state index in [-0.39, 0.29) is 18.4 Å². The zero-order valence-electron chi connectivity index (χ0n) is 14.1. The van der Waals surface area contributed by atoms with Crippen molar-refractivity contribution in [2.75, 3.05) is 17.6 Å². The van der Waals surface area contributed by atoms with Crippen molar-refractivity contribution in [1.82, 2.24) is 9.88 Å². The van der Waals surface area contributed by atoms with Gasteiger partial charge in [-0.1, -0.05) is 44.2 Å². The highest BCUT2D eigenvalue weighted by Gasteiger charge is 2.25. The first-order valence-corrected chi connectivity index (χ1v) is 9.90. The molecule has 2 aromatic rings. The van der Waals surface area contributed by atoms with Crippen molar-refractivity contribution in [2.24, 2.45) is 0 Å². The molecule has 7 heteroatoms. The zero-order valence-corrected chi connectivity index (χ0v) is 15.7. The average molecular weight is 374 g/mol. The largest absolute Gasteiger partial charge is 0.301 e. The Bertz CT molecular complexity index is 800. The van der Waals surface area contributed by atoms with Crippen LogP contribution in [0, 0.1) is 0 Å². The van der Waals surface area contributed by atoms with Gasteiger partial charge in [0.15, 0.2) is 5.13 Å². The molecular weight excluding hydrogens is 354 g/mol. The number of thiazole rings is 1. The summed E-state index contributed by atoms with van der Waals surface area (Å²) in [6.45, 7) is 4.10. The van der Waals surface area contributed by atoms with Gasteiger partial charge in [0.2, 0.25) is 11.8 Å². The predicted octanol–water partition coefficient (Wildman–Crippen LogP) is 3.78. The van der Waals surface area contributed by atoms with E-state index in [0.29, 0.717) is 16.8 Å².